The molecule has 2 aromatic heterocycles. The quantitative estimate of drug-likeness (QED) is 0.768. The van der Waals surface area contributed by atoms with Crippen LogP contribution in [0.1, 0.15) is 37.1 Å². The fourth-order valence-electron chi connectivity index (χ4n) is 4.33. The predicted octanol–water partition coefficient (Wildman–Crippen LogP) is 4.08. The van der Waals surface area contributed by atoms with E-state index in [4.69, 9.17) is 0 Å². The second-order valence-corrected chi connectivity index (χ2v) is 7.34. The van der Waals surface area contributed by atoms with E-state index in [0.29, 0.717) is 0 Å². The van der Waals surface area contributed by atoms with Crippen molar-refractivity contribution in [2.24, 2.45) is 0 Å². The summed E-state index contributed by atoms with van der Waals surface area (Å²) < 4.78 is 55.2. The van der Waals surface area contributed by atoms with Gasteiger partial charge in [-0.2, -0.15) is 0 Å². The zero-order chi connectivity index (χ0) is 18.6. The van der Waals surface area contributed by atoms with Crippen molar-refractivity contribution in [3.05, 3.63) is 60.2 Å². The second kappa shape index (κ2) is 5.34. The van der Waals surface area contributed by atoms with Crippen molar-refractivity contribution in [1.29, 1.82) is 0 Å². The second-order valence-electron chi connectivity index (χ2n) is 7.34. The van der Waals surface area contributed by atoms with Crippen molar-refractivity contribution in [3.8, 4) is 0 Å². The molecular weight excluding hydrogens is 348 g/mol. The first-order valence-corrected chi connectivity index (χ1v) is 8.33. The van der Waals surface area contributed by atoms with Gasteiger partial charge in [0.2, 0.25) is 0 Å². The third-order valence-electron chi connectivity index (χ3n) is 5.42. The van der Waals surface area contributed by atoms with Crippen molar-refractivity contribution in [3.63, 3.8) is 0 Å². The average Bonchev–Trinajstić information content (AvgIpc) is 2.57. The molecule has 7 heteroatoms. The molecule has 136 valence electrons. The first-order chi connectivity index (χ1) is 12.2. The average molecular weight is 364 g/mol. The topological polar surface area (TPSA) is 42.9 Å². The van der Waals surface area contributed by atoms with Crippen LogP contribution < -0.4 is 0 Å². The Labute approximate surface area is 147 Å². The molecule has 0 spiro atoms. The maximum Gasteiger partial charge on any atom is 0.250 e. The number of ketones is 1. The fourth-order valence-corrected chi connectivity index (χ4v) is 4.33. The van der Waals surface area contributed by atoms with E-state index in [1.807, 2.05) is 0 Å². The van der Waals surface area contributed by atoms with E-state index in [2.05, 4.69) is 9.97 Å². The normalized spacial score (nSPS) is 24.2. The van der Waals surface area contributed by atoms with Gasteiger partial charge in [-0.1, -0.05) is 12.1 Å². The predicted molar refractivity (Wildman–Crippen MR) is 85.2 cm³/mol. The largest absolute Gasteiger partial charge is 0.298 e. The van der Waals surface area contributed by atoms with E-state index in [1.54, 1.807) is 24.3 Å². The van der Waals surface area contributed by atoms with Crippen LogP contribution in [0.3, 0.4) is 0 Å². The molecule has 0 radical (unpaired) electrons. The number of halogens is 4. The lowest BCUT2D eigenvalue weighted by Crippen LogP contribution is -2.65. The van der Waals surface area contributed by atoms with Crippen molar-refractivity contribution in [1.82, 2.24) is 9.97 Å². The molecule has 2 heterocycles. The number of aromatic nitrogens is 2. The lowest BCUT2D eigenvalue weighted by molar-refractivity contribution is -0.183. The lowest BCUT2D eigenvalue weighted by atomic mass is 9.50. The van der Waals surface area contributed by atoms with Crippen LogP contribution in [0.4, 0.5) is 17.6 Å². The first kappa shape index (κ1) is 17.1. The highest BCUT2D eigenvalue weighted by Crippen LogP contribution is 2.62. The Morgan fingerprint density at radius 3 is 1.38 bits per heavy atom. The van der Waals surface area contributed by atoms with Crippen molar-refractivity contribution >= 4 is 5.78 Å². The minimum Gasteiger partial charge on any atom is -0.298 e. The van der Waals surface area contributed by atoms with Crippen molar-refractivity contribution in [2.45, 2.75) is 48.4 Å². The van der Waals surface area contributed by atoms with E-state index >= 15 is 0 Å². The van der Waals surface area contributed by atoms with Crippen LogP contribution >= 0.6 is 0 Å². The third-order valence-corrected chi connectivity index (χ3v) is 5.42. The van der Waals surface area contributed by atoms with Gasteiger partial charge in [0.15, 0.2) is 5.78 Å². The molecule has 2 saturated carbocycles. The molecule has 0 saturated heterocycles. The standard InChI is InChI=1S/C19H16F4N2O/c20-18(21)9-16(10-18,13-5-1-3-7-24-13)15(26)17(11-19(22,23)12-17)14-6-2-4-8-25-14/h1-8H,9-12H2. The highest BCUT2D eigenvalue weighted by atomic mass is 19.3. The van der Waals surface area contributed by atoms with E-state index in [-0.39, 0.29) is 11.4 Å². The number of nitrogens with zero attached hydrogens (tertiary/aromatic N) is 2. The van der Waals surface area contributed by atoms with Gasteiger partial charge < -0.3 is 0 Å². The van der Waals surface area contributed by atoms with Gasteiger partial charge in [-0.25, -0.2) is 17.6 Å². The molecule has 26 heavy (non-hydrogen) atoms. The molecule has 0 bridgehead atoms. The minimum atomic E-state index is -3.01. The molecule has 0 aromatic carbocycles. The maximum absolute atomic E-state index is 13.8. The summed E-state index contributed by atoms with van der Waals surface area (Å²) in [4.78, 5) is 21.7. The SMILES string of the molecule is O=C(C1(c2ccccn2)CC(F)(F)C1)C1(c2ccccn2)CC(F)(F)C1. The Kier molecular flexibility index (Phi) is 3.52. The van der Waals surface area contributed by atoms with Crippen LogP contribution in [-0.2, 0) is 15.6 Å². The number of hydrogen-bond donors (Lipinski definition) is 0. The molecule has 2 fully saturated rings. The molecule has 4 rings (SSSR count). The Bertz CT molecular complexity index is 754. The zero-order valence-electron chi connectivity index (χ0n) is 13.8. The minimum absolute atomic E-state index is 0.210. The lowest BCUT2D eigenvalue weighted by Gasteiger charge is -2.54. The Morgan fingerprint density at radius 2 is 1.12 bits per heavy atom. The molecule has 0 amide bonds. The highest BCUT2D eigenvalue weighted by molar-refractivity contribution is 6.00. The number of carbonyl (C=O) groups is 1. The van der Waals surface area contributed by atoms with Crippen LogP contribution in [0.25, 0.3) is 0 Å². The Morgan fingerprint density at radius 1 is 0.731 bits per heavy atom. The Balaban J connectivity index is 1.80. The molecular formula is C19H16F4N2O. The number of pyridine rings is 2. The molecule has 0 aliphatic heterocycles. The van der Waals surface area contributed by atoms with Crippen molar-refractivity contribution < 1.29 is 22.4 Å². The van der Waals surface area contributed by atoms with Gasteiger partial charge in [-0.3, -0.25) is 14.8 Å². The maximum atomic E-state index is 13.8. The van der Waals surface area contributed by atoms with Crippen molar-refractivity contribution in [2.75, 3.05) is 0 Å². The van der Waals surface area contributed by atoms with E-state index in [9.17, 15) is 22.4 Å². The summed E-state index contributed by atoms with van der Waals surface area (Å²) in [5, 5.41) is 0. The summed E-state index contributed by atoms with van der Waals surface area (Å²) in [6, 6.07) is 9.47. The smallest absolute Gasteiger partial charge is 0.250 e. The van der Waals surface area contributed by atoms with E-state index in [1.165, 1.54) is 24.5 Å². The summed E-state index contributed by atoms with van der Waals surface area (Å²) in [7, 11) is 0. The molecule has 3 nitrogen and oxygen atoms in total. The summed E-state index contributed by atoms with van der Waals surface area (Å²) in [6.07, 6.45) is -0.00864. The molecule has 2 aliphatic rings. The summed E-state index contributed by atoms with van der Waals surface area (Å²) in [5.41, 5.74) is -2.69. The van der Waals surface area contributed by atoms with Gasteiger partial charge in [0.05, 0.1) is 22.2 Å². The van der Waals surface area contributed by atoms with Gasteiger partial charge in [-0.05, 0) is 24.3 Å². The third kappa shape index (κ3) is 2.44. The summed E-state index contributed by atoms with van der Waals surface area (Å²) in [5.74, 6) is -6.64. The summed E-state index contributed by atoms with van der Waals surface area (Å²) >= 11 is 0. The van der Waals surface area contributed by atoms with Crippen LogP contribution in [-0.4, -0.2) is 27.6 Å². The molecule has 0 atom stereocenters. The zero-order valence-corrected chi connectivity index (χ0v) is 13.8. The van der Waals surface area contributed by atoms with Crippen LogP contribution in [0, 0.1) is 0 Å². The molecule has 0 unspecified atom stereocenters. The number of rotatable bonds is 4. The molecule has 2 aromatic rings. The number of alkyl halides is 4. The monoisotopic (exact) mass is 364 g/mol. The van der Waals surface area contributed by atoms with Crippen LogP contribution in [0.5, 0.6) is 0 Å². The van der Waals surface area contributed by atoms with E-state index in [0.717, 1.165) is 0 Å². The fraction of sp³-hybridized carbons (Fsp3) is 0.421. The van der Waals surface area contributed by atoms with Crippen LogP contribution in [0.2, 0.25) is 0 Å². The van der Waals surface area contributed by atoms with Gasteiger partial charge >= 0.3 is 0 Å². The first-order valence-electron chi connectivity index (χ1n) is 8.33. The van der Waals surface area contributed by atoms with Gasteiger partial charge in [0.25, 0.3) is 11.8 Å². The highest BCUT2D eigenvalue weighted by Gasteiger charge is 2.71. The van der Waals surface area contributed by atoms with Gasteiger partial charge in [0.1, 0.15) is 0 Å². The number of Topliss-reactive ketones (excluding diaryl/α,β-unsaturated/α-hetero) is 1. The molecule has 0 N–H and O–H groups in total. The Hall–Kier alpha value is -2.31. The molecule has 2 aliphatic carbocycles. The van der Waals surface area contributed by atoms with Gasteiger partial charge in [0, 0.05) is 38.1 Å². The van der Waals surface area contributed by atoms with E-state index < -0.39 is 54.1 Å². The van der Waals surface area contributed by atoms with Crippen LogP contribution in [0.15, 0.2) is 48.8 Å². The number of hydrogen-bond acceptors (Lipinski definition) is 3. The van der Waals surface area contributed by atoms with Gasteiger partial charge in [-0.15, -0.1) is 0 Å². The number of carbonyl (C=O) groups excluding carboxylic acids is 1. The summed E-state index contributed by atoms with van der Waals surface area (Å²) in [6.45, 7) is 0.